The van der Waals surface area contributed by atoms with Crippen LogP contribution in [0.2, 0.25) is 0 Å². The first-order valence-corrected chi connectivity index (χ1v) is 6.44. The van der Waals surface area contributed by atoms with E-state index in [-0.39, 0.29) is 24.8 Å². The van der Waals surface area contributed by atoms with Crippen LogP contribution in [0.4, 0.5) is 5.82 Å². The summed E-state index contributed by atoms with van der Waals surface area (Å²) in [6.07, 6.45) is 6.21. The summed E-state index contributed by atoms with van der Waals surface area (Å²) in [4.78, 5) is 27.1. The molecule has 2 N–H and O–H groups in total. The third kappa shape index (κ3) is 5.32. The molecule has 2 heterocycles. The number of amides is 2. The van der Waals surface area contributed by atoms with Crippen molar-refractivity contribution in [1.82, 2.24) is 10.3 Å². The van der Waals surface area contributed by atoms with Gasteiger partial charge in [0.1, 0.15) is 11.6 Å². The maximum absolute atomic E-state index is 11.6. The molecule has 0 fully saturated rings. The minimum Gasteiger partial charge on any atom is -0.465 e. The van der Waals surface area contributed by atoms with Gasteiger partial charge in [-0.25, -0.2) is 4.98 Å². The molecule has 0 radical (unpaired) electrons. The van der Waals surface area contributed by atoms with Crippen molar-refractivity contribution in [2.24, 2.45) is 0 Å². The summed E-state index contributed by atoms with van der Waals surface area (Å²) in [5.41, 5.74) is 0. The molecule has 0 aliphatic carbocycles. The zero-order valence-electron chi connectivity index (χ0n) is 11.3. The summed E-state index contributed by atoms with van der Waals surface area (Å²) in [5, 5.41) is 5.25. The standard InChI is InChI=1S/C15H15N3O3/c19-14(7-6-12-4-3-11-21-12)17-10-8-15(20)18-13-5-1-2-9-16-13/h1-7,9,11H,8,10H2,(H,17,19)(H,16,18,20). The van der Waals surface area contributed by atoms with Crippen LogP contribution >= 0.6 is 0 Å². The molecule has 0 unspecified atom stereocenters. The summed E-state index contributed by atoms with van der Waals surface area (Å²) in [7, 11) is 0. The summed E-state index contributed by atoms with van der Waals surface area (Å²) >= 11 is 0. The molecule has 2 aromatic heterocycles. The summed E-state index contributed by atoms with van der Waals surface area (Å²) < 4.78 is 5.06. The predicted molar refractivity (Wildman–Crippen MR) is 78.2 cm³/mol. The van der Waals surface area contributed by atoms with E-state index >= 15 is 0 Å². The first kappa shape index (κ1) is 14.5. The third-order valence-corrected chi connectivity index (χ3v) is 2.53. The number of nitrogens with one attached hydrogen (secondary N) is 2. The van der Waals surface area contributed by atoms with Crippen molar-refractivity contribution in [3.05, 3.63) is 54.6 Å². The van der Waals surface area contributed by atoms with Gasteiger partial charge >= 0.3 is 0 Å². The molecule has 0 saturated heterocycles. The van der Waals surface area contributed by atoms with E-state index in [0.29, 0.717) is 11.6 Å². The van der Waals surface area contributed by atoms with E-state index in [4.69, 9.17) is 4.42 Å². The Kier molecular flexibility index (Phi) is 5.28. The van der Waals surface area contributed by atoms with Crippen LogP contribution in [0.25, 0.3) is 6.08 Å². The Morgan fingerprint density at radius 2 is 2.14 bits per heavy atom. The number of hydrogen-bond acceptors (Lipinski definition) is 4. The van der Waals surface area contributed by atoms with Crippen LogP contribution in [-0.2, 0) is 9.59 Å². The zero-order valence-corrected chi connectivity index (χ0v) is 11.3. The van der Waals surface area contributed by atoms with E-state index in [9.17, 15) is 9.59 Å². The monoisotopic (exact) mass is 285 g/mol. The topological polar surface area (TPSA) is 84.2 Å². The van der Waals surface area contributed by atoms with E-state index in [0.717, 1.165) is 0 Å². The third-order valence-electron chi connectivity index (χ3n) is 2.53. The predicted octanol–water partition coefficient (Wildman–Crippen LogP) is 1.83. The van der Waals surface area contributed by atoms with E-state index in [2.05, 4.69) is 15.6 Å². The molecule has 0 aromatic carbocycles. The van der Waals surface area contributed by atoms with Gasteiger partial charge in [-0.3, -0.25) is 9.59 Å². The second-order valence-electron chi connectivity index (χ2n) is 4.15. The number of hydrogen-bond donors (Lipinski definition) is 2. The quantitative estimate of drug-likeness (QED) is 0.793. The van der Waals surface area contributed by atoms with Crippen molar-refractivity contribution < 1.29 is 14.0 Å². The smallest absolute Gasteiger partial charge is 0.244 e. The molecule has 0 bridgehead atoms. The lowest BCUT2D eigenvalue weighted by molar-refractivity contribution is -0.117. The Balaban J connectivity index is 1.67. The number of nitrogens with zero attached hydrogens (tertiary/aromatic N) is 1. The number of carbonyl (C=O) groups is 2. The average molecular weight is 285 g/mol. The molecule has 0 atom stereocenters. The van der Waals surface area contributed by atoms with Gasteiger partial charge in [0, 0.05) is 25.2 Å². The van der Waals surface area contributed by atoms with E-state index < -0.39 is 0 Å². The summed E-state index contributed by atoms with van der Waals surface area (Å²) in [6.45, 7) is 0.250. The lowest BCUT2D eigenvalue weighted by Crippen LogP contribution is -2.26. The number of furan rings is 1. The van der Waals surface area contributed by atoms with Gasteiger partial charge in [-0.2, -0.15) is 0 Å². The lowest BCUT2D eigenvalue weighted by atomic mass is 10.3. The maximum Gasteiger partial charge on any atom is 0.244 e. The molecule has 0 spiro atoms. The van der Waals surface area contributed by atoms with Gasteiger partial charge in [0.25, 0.3) is 0 Å². The highest BCUT2D eigenvalue weighted by atomic mass is 16.3. The van der Waals surface area contributed by atoms with Crippen molar-refractivity contribution >= 4 is 23.7 Å². The first-order valence-electron chi connectivity index (χ1n) is 6.44. The van der Waals surface area contributed by atoms with E-state index in [1.165, 1.54) is 12.3 Å². The Morgan fingerprint density at radius 3 is 2.86 bits per heavy atom. The van der Waals surface area contributed by atoms with Crippen molar-refractivity contribution in [3.63, 3.8) is 0 Å². The highest BCUT2D eigenvalue weighted by Gasteiger charge is 2.03. The maximum atomic E-state index is 11.6. The Morgan fingerprint density at radius 1 is 1.24 bits per heavy atom. The minimum atomic E-state index is -0.281. The van der Waals surface area contributed by atoms with Gasteiger partial charge < -0.3 is 15.1 Å². The van der Waals surface area contributed by atoms with Crippen LogP contribution in [0.3, 0.4) is 0 Å². The molecule has 6 nitrogen and oxygen atoms in total. The molecule has 0 aliphatic heterocycles. The molecular formula is C15H15N3O3. The second kappa shape index (κ2) is 7.64. The Hall–Kier alpha value is -2.89. The fraction of sp³-hybridized carbons (Fsp3) is 0.133. The van der Waals surface area contributed by atoms with Crippen molar-refractivity contribution in [3.8, 4) is 0 Å². The van der Waals surface area contributed by atoms with E-state index in [1.54, 1.807) is 42.6 Å². The lowest BCUT2D eigenvalue weighted by Gasteiger charge is -2.04. The second-order valence-corrected chi connectivity index (χ2v) is 4.15. The van der Waals surface area contributed by atoms with Gasteiger partial charge in [-0.15, -0.1) is 0 Å². The number of carbonyl (C=O) groups excluding carboxylic acids is 2. The molecule has 108 valence electrons. The number of aromatic nitrogens is 1. The van der Waals surface area contributed by atoms with Gasteiger partial charge in [0.2, 0.25) is 11.8 Å². The summed E-state index contributed by atoms with van der Waals surface area (Å²) in [5.74, 6) is 0.602. The Bertz CT molecular complexity index is 606. The highest BCUT2D eigenvalue weighted by Crippen LogP contribution is 2.02. The molecule has 6 heteroatoms. The van der Waals surface area contributed by atoms with Crippen LogP contribution < -0.4 is 10.6 Å². The van der Waals surface area contributed by atoms with Gasteiger partial charge in [0.05, 0.1) is 6.26 Å². The zero-order chi connectivity index (χ0) is 14.9. The fourth-order valence-corrected chi connectivity index (χ4v) is 1.54. The van der Waals surface area contributed by atoms with Crippen LogP contribution in [0.15, 0.2) is 53.3 Å². The molecule has 2 aromatic rings. The number of rotatable bonds is 6. The van der Waals surface area contributed by atoms with E-state index in [1.807, 2.05) is 0 Å². The molecule has 21 heavy (non-hydrogen) atoms. The fourth-order valence-electron chi connectivity index (χ4n) is 1.54. The van der Waals surface area contributed by atoms with Crippen LogP contribution in [0, 0.1) is 0 Å². The number of anilines is 1. The van der Waals surface area contributed by atoms with Crippen molar-refractivity contribution in [2.45, 2.75) is 6.42 Å². The van der Waals surface area contributed by atoms with Gasteiger partial charge in [-0.1, -0.05) is 6.07 Å². The highest BCUT2D eigenvalue weighted by molar-refractivity contribution is 5.93. The van der Waals surface area contributed by atoms with Crippen molar-refractivity contribution in [1.29, 1.82) is 0 Å². The molecular weight excluding hydrogens is 270 g/mol. The minimum absolute atomic E-state index is 0.177. The molecule has 0 aliphatic rings. The van der Waals surface area contributed by atoms with Crippen molar-refractivity contribution in [2.75, 3.05) is 11.9 Å². The van der Waals surface area contributed by atoms with Crippen LogP contribution in [0.5, 0.6) is 0 Å². The van der Waals surface area contributed by atoms with Crippen LogP contribution in [0.1, 0.15) is 12.2 Å². The van der Waals surface area contributed by atoms with Gasteiger partial charge in [-0.05, 0) is 30.3 Å². The van der Waals surface area contributed by atoms with Gasteiger partial charge in [0.15, 0.2) is 0 Å². The number of pyridine rings is 1. The molecule has 0 saturated carbocycles. The molecule has 2 amide bonds. The molecule has 2 rings (SSSR count). The Labute approximate surface area is 121 Å². The van der Waals surface area contributed by atoms with Crippen LogP contribution in [-0.4, -0.2) is 23.3 Å². The normalized spacial score (nSPS) is 10.5. The average Bonchev–Trinajstić information content (AvgIpc) is 2.99. The summed E-state index contributed by atoms with van der Waals surface area (Å²) in [6, 6.07) is 8.72. The SMILES string of the molecule is O=C(C=Cc1ccco1)NCCC(=O)Nc1ccccn1. The first-order chi connectivity index (χ1) is 10.2. The largest absolute Gasteiger partial charge is 0.465 e.